The van der Waals surface area contributed by atoms with Crippen molar-refractivity contribution in [2.45, 2.75) is 46.6 Å². The Hall–Kier alpha value is -2.51. The first-order valence-corrected chi connectivity index (χ1v) is 8.95. The number of nitrogens with zero attached hydrogens (tertiary/aromatic N) is 4. The van der Waals surface area contributed by atoms with E-state index in [0.29, 0.717) is 23.0 Å². The lowest BCUT2D eigenvalue weighted by molar-refractivity contribution is -0.133. The van der Waals surface area contributed by atoms with Crippen LogP contribution in [0.2, 0.25) is 5.02 Å². The summed E-state index contributed by atoms with van der Waals surface area (Å²) in [6.45, 7) is 8.58. The molecule has 1 aliphatic rings. The Morgan fingerprint density at radius 2 is 1.85 bits per heavy atom. The summed E-state index contributed by atoms with van der Waals surface area (Å²) in [5.41, 5.74) is 1.10. The highest BCUT2D eigenvalue weighted by atomic mass is 35.5. The highest BCUT2D eigenvalue weighted by Crippen LogP contribution is 2.46. The lowest BCUT2D eigenvalue weighted by Crippen LogP contribution is -2.36. The van der Waals surface area contributed by atoms with Crippen LogP contribution in [-0.4, -0.2) is 31.9 Å². The van der Waals surface area contributed by atoms with Gasteiger partial charge in [-0.25, -0.2) is 9.97 Å². The third kappa shape index (κ3) is 2.87. The van der Waals surface area contributed by atoms with Crippen LogP contribution in [-0.2, 0) is 10.4 Å². The van der Waals surface area contributed by atoms with Crippen LogP contribution in [0.3, 0.4) is 0 Å². The van der Waals surface area contributed by atoms with Gasteiger partial charge in [0, 0.05) is 5.02 Å². The Balaban J connectivity index is 2.38. The number of oxime groups is 1. The van der Waals surface area contributed by atoms with Crippen LogP contribution in [0.5, 0.6) is 0 Å². The Bertz CT molecular complexity index is 962. The minimum atomic E-state index is -1.86. The number of rotatable bonds is 3. The molecular weight excluding hydrogens is 368 g/mol. The normalized spacial score (nSPS) is 19.6. The zero-order valence-electron chi connectivity index (χ0n) is 15.8. The highest BCUT2D eigenvalue weighted by molar-refractivity contribution is 6.31. The fourth-order valence-electron chi connectivity index (χ4n) is 3.55. The van der Waals surface area contributed by atoms with Crippen LogP contribution in [0.1, 0.15) is 48.5 Å². The van der Waals surface area contributed by atoms with Crippen molar-refractivity contribution < 1.29 is 15.1 Å². The highest BCUT2D eigenvalue weighted by Gasteiger charge is 2.51. The zero-order chi connectivity index (χ0) is 20.1. The molecule has 1 aromatic heterocycles. The van der Waals surface area contributed by atoms with Crippen LogP contribution in [0.25, 0.3) is 0 Å². The summed E-state index contributed by atoms with van der Waals surface area (Å²) in [6, 6.07) is 3.51. The van der Waals surface area contributed by atoms with Crippen molar-refractivity contribution in [3.05, 3.63) is 45.4 Å². The van der Waals surface area contributed by atoms with Gasteiger partial charge in [0.1, 0.15) is 17.2 Å². The Kier molecular flexibility index (Phi) is 4.69. The number of aromatic nitrogens is 2. The van der Waals surface area contributed by atoms with E-state index in [2.05, 4.69) is 15.1 Å². The first-order chi connectivity index (χ1) is 12.6. The molecular formula is C19H21ClN4O3. The van der Waals surface area contributed by atoms with E-state index in [0.717, 1.165) is 11.1 Å². The third-order valence-electron chi connectivity index (χ3n) is 4.73. The Labute approximate surface area is 162 Å². The Morgan fingerprint density at radius 3 is 2.37 bits per heavy atom. The van der Waals surface area contributed by atoms with Crippen LogP contribution < -0.4 is 4.90 Å². The molecule has 1 aromatic carbocycles. The first kappa shape index (κ1) is 19.3. The van der Waals surface area contributed by atoms with Crippen molar-refractivity contribution in [1.29, 1.82) is 0 Å². The van der Waals surface area contributed by atoms with E-state index in [4.69, 9.17) is 11.6 Å². The molecule has 1 aliphatic heterocycles. The average Bonchev–Trinajstić information content (AvgIpc) is 2.75. The molecule has 3 rings (SSSR count). The van der Waals surface area contributed by atoms with Gasteiger partial charge in [-0.2, -0.15) is 0 Å². The zero-order valence-corrected chi connectivity index (χ0v) is 16.6. The number of hydrogen-bond donors (Lipinski definition) is 2. The van der Waals surface area contributed by atoms with Gasteiger partial charge in [0.15, 0.2) is 11.4 Å². The van der Waals surface area contributed by atoms with Crippen LogP contribution >= 0.6 is 11.6 Å². The van der Waals surface area contributed by atoms with Gasteiger partial charge in [0.25, 0.3) is 5.91 Å². The standard InChI is InChI=1S/C19H21ClN4O3/c1-6-13(23-27)15-14-17(22-11(4)21-15)24(18(25)19(14,5)26)16-9(2)7-12(20)8-10(16)3/h7-8,26-27H,6H2,1-5H3. The predicted molar refractivity (Wildman–Crippen MR) is 103 cm³/mol. The van der Waals surface area contributed by atoms with Crippen molar-refractivity contribution >= 4 is 34.7 Å². The van der Waals surface area contributed by atoms with Gasteiger partial charge < -0.3 is 10.3 Å². The largest absolute Gasteiger partial charge is 0.411 e. The van der Waals surface area contributed by atoms with Crippen molar-refractivity contribution in [2.24, 2.45) is 5.16 Å². The molecule has 0 saturated carbocycles. The molecule has 142 valence electrons. The van der Waals surface area contributed by atoms with Gasteiger partial charge in [0.05, 0.1) is 11.3 Å². The van der Waals surface area contributed by atoms with Crippen molar-refractivity contribution in [2.75, 3.05) is 4.90 Å². The topological polar surface area (TPSA) is 98.9 Å². The van der Waals surface area contributed by atoms with Crippen molar-refractivity contribution in [3.8, 4) is 0 Å². The van der Waals surface area contributed by atoms with Crippen molar-refractivity contribution in [3.63, 3.8) is 0 Å². The molecule has 1 amide bonds. The molecule has 0 fully saturated rings. The lowest BCUT2D eigenvalue weighted by Gasteiger charge is -2.23. The number of aryl methyl sites for hydroxylation is 3. The average molecular weight is 389 g/mol. The van der Waals surface area contributed by atoms with E-state index < -0.39 is 11.5 Å². The maximum Gasteiger partial charge on any atom is 0.269 e. The Morgan fingerprint density at radius 1 is 1.26 bits per heavy atom. The number of anilines is 2. The molecule has 8 heteroatoms. The van der Waals surface area contributed by atoms with E-state index >= 15 is 0 Å². The predicted octanol–water partition coefficient (Wildman–Crippen LogP) is 3.53. The molecule has 0 spiro atoms. The first-order valence-electron chi connectivity index (χ1n) is 8.57. The summed E-state index contributed by atoms with van der Waals surface area (Å²) in [6.07, 6.45) is 0.378. The van der Waals surface area contributed by atoms with Crippen LogP contribution in [0.15, 0.2) is 17.3 Å². The quantitative estimate of drug-likeness (QED) is 0.476. The fourth-order valence-corrected chi connectivity index (χ4v) is 3.87. The molecule has 0 aliphatic carbocycles. The maximum atomic E-state index is 13.2. The molecule has 2 heterocycles. The second-order valence-electron chi connectivity index (χ2n) is 6.82. The second kappa shape index (κ2) is 6.58. The number of carbonyl (C=O) groups excluding carboxylic acids is 1. The number of carbonyl (C=O) groups is 1. The van der Waals surface area contributed by atoms with E-state index in [1.54, 1.807) is 26.0 Å². The lowest BCUT2D eigenvalue weighted by atomic mass is 9.95. The van der Waals surface area contributed by atoms with E-state index in [9.17, 15) is 15.1 Å². The summed E-state index contributed by atoms with van der Waals surface area (Å²) < 4.78 is 0. The summed E-state index contributed by atoms with van der Waals surface area (Å²) in [7, 11) is 0. The molecule has 2 N–H and O–H groups in total. The fraction of sp³-hybridized carbons (Fsp3) is 0.368. The van der Waals surface area contributed by atoms with Crippen LogP contribution in [0.4, 0.5) is 11.5 Å². The van der Waals surface area contributed by atoms with Gasteiger partial charge in [-0.3, -0.25) is 9.69 Å². The number of hydrogen-bond acceptors (Lipinski definition) is 6. The molecule has 2 aromatic rings. The molecule has 0 saturated heterocycles. The van der Waals surface area contributed by atoms with E-state index in [-0.39, 0.29) is 22.8 Å². The number of halogens is 1. The number of amides is 1. The number of aliphatic hydroxyl groups is 1. The smallest absolute Gasteiger partial charge is 0.269 e. The van der Waals surface area contributed by atoms with Crippen LogP contribution in [0, 0.1) is 20.8 Å². The minimum absolute atomic E-state index is 0.238. The molecule has 27 heavy (non-hydrogen) atoms. The SMILES string of the molecule is CCC(=NO)c1nc(C)nc2c1C(C)(O)C(=O)N2c1c(C)cc(Cl)cc1C. The molecule has 7 nitrogen and oxygen atoms in total. The number of fused-ring (bicyclic) bond motifs is 1. The summed E-state index contributed by atoms with van der Waals surface area (Å²) >= 11 is 6.13. The van der Waals surface area contributed by atoms with Gasteiger partial charge in [-0.1, -0.05) is 23.7 Å². The van der Waals surface area contributed by atoms with Crippen molar-refractivity contribution in [1.82, 2.24) is 9.97 Å². The molecule has 0 radical (unpaired) electrons. The maximum absolute atomic E-state index is 13.2. The minimum Gasteiger partial charge on any atom is -0.411 e. The van der Waals surface area contributed by atoms with Gasteiger partial charge >= 0.3 is 0 Å². The summed E-state index contributed by atoms with van der Waals surface area (Å²) in [4.78, 5) is 23.4. The van der Waals surface area contributed by atoms with Gasteiger partial charge in [-0.05, 0) is 57.4 Å². The number of benzene rings is 1. The molecule has 0 bridgehead atoms. The van der Waals surface area contributed by atoms with E-state index in [1.807, 2.05) is 13.8 Å². The van der Waals surface area contributed by atoms with Gasteiger partial charge in [0.2, 0.25) is 0 Å². The second-order valence-corrected chi connectivity index (χ2v) is 7.26. The summed E-state index contributed by atoms with van der Waals surface area (Å²) in [5.74, 6) is 0.148. The third-order valence-corrected chi connectivity index (χ3v) is 4.95. The van der Waals surface area contributed by atoms with E-state index in [1.165, 1.54) is 11.8 Å². The monoisotopic (exact) mass is 388 g/mol. The van der Waals surface area contributed by atoms with Gasteiger partial charge in [-0.15, -0.1) is 0 Å². The summed E-state index contributed by atoms with van der Waals surface area (Å²) in [5, 5.41) is 24.3. The molecule has 1 unspecified atom stereocenters. The molecule has 1 atom stereocenters.